The highest BCUT2D eigenvalue weighted by Gasteiger charge is 2.44. The average Bonchev–Trinajstić information content (AvgIpc) is 4.11. The van der Waals surface area contributed by atoms with Crippen molar-refractivity contribution in [2.24, 2.45) is 0 Å². The number of hydrogen-bond donors (Lipinski definition) is 4. The summed E-state index contributed by atoms with van der Waals surface area (Å²) in [4.78, 5) is 34.5. The van der Waals surface area contributed by atoms with E-state index in [1.165, 1.54) is 24.3 Å². The van der Waals surface area contributed by atoms with E-state index in [-0.39, 0.29) is 36.2 Å². The van der Waals surface area contributed by atoms with Gasteiger partial charge >= 0.3 is 0 Å². The van der Waals surface area contributed by atoms with Crippen LogP contribution >= 0.6 is 0 Å². The second kappa shape index (κ2) is 17.9. The van der Waals surface area contributed by atoms with E-state index in [9.17, 15) is 27.2 Å². The van der Waals surface area contributed by atoms with Gasteiger partial charge in [-0.05, 0) is 190 Å². The quantitative estimate of drug-likeness (QED) is 0.110. The number of nitrogens with zero attached hydrogens (tertiary/aromatic N) is 2. The normalized spacial score (nSPS) is 17.1. The van der Waals surface area contributed by atoms with Crippen LogP contribution in [0.15, 0.2) is 121 Å². The Morgan fingerprint density at radius 2 is 0.778 bits per heavy atom. The maximum absolute atomic E-state index is 13.8. The number of nitrogens with two attached hydrogens (primary N) is 2. The van der Waals surface area contributed by atoms with Gasteiger partial charge in [-0.2, -0.15) is 0 Å². The van der Waals surface area contributed by atoms with Gasteiger partial charge in [-0.15, -0.1) is 0 Å². The van der Waals surface area contributed by atoms with Crippen molar-refractivity contribution in [2.75, 3.05) is 11.5 Å². The molecule has 2 aromatic heterocycles. The smallest absolute Gasteiger partial charge is 0.251 e. The fourth-order valence-electron chi connectivity index (χ4n) is 10.6. The third kappa shape index (κ3) is 8.31. The number of benzene rings is 6. The van der Waals surface area contributed by atoms with E-state index in [4.69, 9.17) is 20.9 Å². The number of carbonyl (C=O) groups excluding carboxylic acids is 2. The molecule has 6 N–H and O–H groups in total. The fourth-order valence-corrected chi connectivity index (χ4v) is 10.6. The molecule has 4 atom stereocenters. The predicted octanol–water partition coefficient (Wildman–Crippen LogP) is 11.4. The highest BCUT2D eigenvalue weighted by Crippen LogP contribution is 2.56. The number of halogens is 4. The molecule has 0 saturated heterocycles. The van der Waals surface area contributed by atoms with Crippen LogP contribution in [0.4, 0.5) is 29.2 Å². The summed E-state index contributed by atoms with van der Waals surface area (Å²) in [6, 6.07) is 33.2. The number of hydrogen-bond acceptors (Lipinski definition) is 8. The summed E-state index contributed by atoms with van der Waals surface area (Å²) in [5.74, 6) is -1.92. The van der Waals surface area contributed by atoms with Crippen molar-refractivity contribution in [3.8, 4) is 22.3 Å². The summed E-state index contributed by atoms with van der Waals surface area (Å²) in [7, 11) is 0. The topological polar surface area (TPSA) is 154 Å². The van der Waals surface area contributed by atoms with E-state index < -0.39 is 23.3 Å². The standard InChI is InChI=1S/2C29H23F2N3O2/c1-14-7-26(32)34-15(2)25(14)13-33-29(35)17-4-6-22-24(11-17)28-21-5-3-16(10-23(21)27(22)36-28)18-8-19(30)12-20(31)9-18;1-14-7-26(32)34-15(2)25(14)13-33-29(35)17-4-6-22-24(11-17)28-23-10-16(3-5-21(23)27(22)36-28)18-8-19(30)12-20(31)9-18/h2*3-12,27-28H,13H2,1-2H3,(H2,32,34)(H,33,35). The molecular formula is C58H46F4N6O4. The lowest BCUT2D eigenvalue weighted by Crippen LogP contribution is -2.24. The van der Waals surface area contributed by atoms with Gasteiger partial charge in [0.1, 0.15) is 59.3 Å². The summed E-state index contributed by atoms with van der Waals surface area (Å²) in [6.45, 7) is 8.35. The maximum atomic E-state index is 13.8. The number of aromatic nitrogens is 2. The van der Waals surface area contributed by atoms with Gasteiger partial charge in [-0.25, -0.2) is 27.5 Å². The minimum Gasteiger partial charge on any atom is -0.384 e. The molecule has 4 aliphatic rings. The Morgan fingerprint density at radius 1 is 0.444 bits per heavy atom. The molecule has 8 aromatic rings. The highest BCUT2D eigenvalue weighted by atomic mass is 19.1. The third-order valence-corrected chi connectivity index (χ3v) is 14.1. The molecule has 72 heavy (non-hydrogen) atoms. The first-order valence-electron chi connectivity index (χ1n) is 23.4. The molecule has 6 aromatic carbocycles. The fraction of sp³-hybridized carbons (Fsp3) is 0.172. The van der Waals surface area contributed by atoms with Crippen molar-refractivity contribution in [3.63, 3.8) is 0 Å². The largest absolute Gasteiger partial charge is 0.384 e. The van der Waals surface area contributed by atoms with Crippen molar-refractivity contribution in [3.05, 3.63) is 234 Å². The molecular weight excluding hydrogens is 921 g/mol. The van der Waals surface area contributed by atoms with Crippen LogP contribution in [0.1, 0.15) is 123 Å². The first-order chi connectivity index (χ1) is 34.6. The second-order valence-electron chi connectivity index (χ2n) is 18.7. The summed E-state index contributed by atoms with van der Waals surface area (Å²) in [6.07, 6.45) is -1.11. The summed E-state index contributed by atoms with van der Waals surface area (Å²) < 4.78 is 67.5. The summed E-state index contributed by atoms with van der Waals surface area (Å²) >= 11 is 0. The van der Waals surface area contributed by atoms with Crippen LogP contribution < -0.4 is 22.1 Å². The van der Waals surface area contributed by atoms with Crippen molar-refractivity contribution in [2.45, 2.75) is 65.2 Å². The number of amides is 2. The molecule has 4 unspecified atom stereocenters. The number of ether oxygens (including phenoxy) is 2. The van der Waals surface area contributed by atoms with Gasteiger partial charge in [0, 0.05) is 47.7 Å². The zero-order valence-electron chi connectivity index (χ0n) is 39.5. The van der Waals surface area contributed by atoms with Crippen LogP contribution in [0.3, 0.4) is 0 Å². The highest BCUT2D eigenvalue weighted by molar-refractivity contribution is 5.95. The average molecular weight is 967 g/mol. The molecule has 0 aliphatic carbocycles. The Kier molecular flexibility index (Phi) is 11.5. The van der Waals surface area contributed by atoms with E-state index >= 15 is 0 Å². The van der Waals surface area contributed by atoms with Crippen molar-refractivity contribution in [1.82, 2.24) is 20.6 Å². The van der Waals surface area contributed by atoms with Gasteiger partial charge in [0.25, 0.3) is 11.8 Å². The Hall–Kier alpha value is -8.20. The Bertz CT molecular complexity index is 3510. The lowest BCUT2D eigenvalue weighted by atomic mass is 9.84. The number of pyridine rings is 2. The van der Waals surface area contributed by atoms with Crippen LogP contribution in [0.25, 0.3) is 22.3 Å². The lowest BCUT2D eigenvalue weighted by Gasteiger charge is -2.18. The van der Waals surface area contributed by atoms with E-state index in [0.29, 0.717) is 52.5 Å². The second-order valence-corrected chi connectivity index (χ2v) is 18.7. The molecule has 0 radical (unpaired) electrons. The molecule has 4 bridgehead atoms. The number of rotatable bonds is 8. The number of carbonyl (C=O) groups is 2. The van der Waals surface area contributed by atoms with Crippen LogP contribution in [0.2, 0.25) is 0 Å². The summed E-state index contributed by atoms with van der Waals surface area (Å²) in [5.41, 5.74) is 28.4. The zero-order chi connectivity index (χ0) is 50.3. The molecule has 14 heteroatoms. The monoisotopic (exact) mass is 966 g/mol. The first kappa shape index (κ1) is 46.2. The minimum atomic E-state index is -0.621. The molecule has 0 saturated carbocycles. The number of aryl methyl sites for hydroxylation is 4. The van der Waals surface area contributed by atoms with Gasteiger partial charge in [0.2, 0.25) is 0 Å². The maximum Gasteiger partial charge on any atom is 0.251 e. The number of fused-ring (bicyclic) bond motifs is 16. The Labute approximate surface area is 412 Å². The van der Waals surface area contributed by atoms with Crippen molar-refractivity contribution < 1.29 is 36.6 Å². The Morgan fingerprint density at radius 3 is 1.15 bits per heavy atom. The number of nitrogens with one attached hydrogen (secondary N) is 2. The minimum absolute atomic E-state index is 0.181. The molecule has 10 nitrogen and oxygen atoms in total. The third-order valence-electron chi connectivity index (χ3n) is 14.1. The zero-order valence-corrected chi connectivity index (χ0v) is 39.5. The SMILES string of the molecule is Cc1cc(N)nc(C)c1CNC(=O)c1ccc2c(c1)C1OC2c2cc(-c3cc(F)cc(F)c3)ccc21.Cc1cc(N)nc(C)c1CNC(=O)c1ccc2c(c1)C1OC2c2ccc(-c3cc(F)cc(F)c3)cc21. The van der Waals surface area contributed by atoms with E-state index in [1.54, 1.807) is 18.2 Å². The number of nitrogen functional groups attached to an aromatic ring is 2. The lowest BCUT2D eigenvalue weighted by molar-refractivity contribution is 0.0856. The van der Waals surface area contributed by atoms with E-state index in [2.05, 4.69) is 20.6 Å². The van der Waals surface area contributed by atoms with E-state index in [1.807, 2.05) is 94.4 Å². The number of anilines is 2. The predicted molar refractivity (Wildman–Crippen MR) is 265 cm³/mol. The van der Waals surface area contributed by atoms with Gasteiger partial charge in [-0.1, -0.05) is 36.4 Å². The van der Waals surface area contributed by atoms with Crippen molar-refractivity contribution in [1.29, 1.82) is 0 Å². The molecule has 2 amide bonds. The van der Waals surface area contributed by atoms with Gasteiger partial charge in [0.15, 0.2) is 0 Å². The van der Waals surface area contributed by atoms with Crippen LogP contribution in [0.5, 0.6) is 0 Å². The molecule has 12 rings (SSSR count). The van der Waals surface area contributed by atoms with Gasteiger partial charge in [-0.3, -0.25) is 9.59 Å². The van der Waals surface area contributed by atoms with Gasteiger partial charge in [0.05, 0.1) is 0 Å². The van der Waals surface area contributed by atoms with Gasteiger partial charge < -0.3 is 31.6 Å². The summed E-state index contributed by atoms with van der Waals surface area (Å²) in [5, 5.41) is 5.96. The first-order valence-corrected chi connectivity index (χ1v) is 23.4. The Balaban J connectivity index is 0.000000156. The molecule has 6 heterocycles. The van der Waals surface area contributed by atoms with Crippen LogP contribution in [0, 0.1) is 51.0 Å². The van der Waals surface area contributed by atoms with Crippen LogP contribution in [-0.2, 0) is 22.6 Å². The molecule has 4 aliphatic heterocycles. The van der Waals surface area contributed by atoms with E-state index in [0.717, 1.165) is 95.8 Å². The van der Waals surface area contributed by atoms with Crippen LogP contribution in [-0.4, -0.2) is 21.8 Å². The van der Waals surface area contributed by atoms with Crippen molar-refractivity contribution >= 4 is 23.5 Å². The molecule has 0 fully saturated rings. The molecule has 360 valence electrons. The molecule has 0 spiro atoms.